The Morgan fingerprint density at radius 1 is 1.20 bits per heavy atom. The molecule has 0 aliphatic heterocycles. The minimum atomic E-state index is -3.35. The van der Waals surface area contributed by atoms with Gasteiger partial charge in [-0.1, -0.05) is 30.3 Å². The zero-order chi connectivity index (χ0) is 15.0. The molecule has 0 aliphatic carbocycles. The lowest BCUT2D eigenvalue weighted by Crippen LogP contribution is -2.22. The lowest BCUT2D eigenvalue weighted by Gasteiger charge is -2.20. The molecule has 1 atom stereocenters. The molecule has 1 aromatic carbocycles. The van der Waals surface area contributed by atoms with Crippen molar-refractivity contribution in [3.63, 3.8) is 0 Å². The van der Waals surface area contributed by atoms with Crippen LogP contribution in [0, 0.1) is 5.92 Å². The van der Waals surface area contributed by atoms with Crippen molar-refractivity contribution >= 4 is 13.6 Å². The van der Waals surface area contributed by atoms with Crippen molar-refractivity contribution in [2.45, 2.75) is 20.3 Å². The monoisotopic (exact) mass is 300 g/mol. The standard InChI is InChI=1S/C14H21O5P/c1-3-18-20(17,19-4-2)11-13(14(15)16)10-12-8-6-5-7-9-12/h5-9,13H,3-4,10-11H2,1-2H3,(H,15,16)/t13-/m0/s1. The summed E-state index contributed by atoms with van der Waals surface area (Å²) < 4.78 is 22.7. The van der Waals surface area contributed by atoms with Crippen LogP contribution in [-0.4, -0.2) is 30.5 Å². The molecule has 1 N–H and O–H groups in total. The molecular weight excluding hydrogens is 279 g/mol. The molecule has 20 heavy (non-hydrogen) atoms. The molecule has 0 bridgehead atoms. The molecule has 0 aromatic heterocycles. The molecule has 1 aromatic rings. The van der Waals surface area contributed by atoms with Crippen molar-refractivity contribution in [1.29, 1.82) is 0 Å². The van der Waals surface area contributed by atoms with E-state index in [0.717, 1.165) is 5.56 Å². The van der Waals surface area contributed by atoms with Crippen molar-refractivity contribution in [3.8, 4) is 0 Å². The summed E-state index contributed by atoms with van der Waals surface area (Å²) in [6.45, 7) is 3.88. The third kappa shape index (κ3) is 5.45. The highest BCUT2D eigenvalue weighted by Gasteiger charge is 2.32. The summed E-state index contributed by atoms with van der Waals surface area (Å²) in [4.78, 5) is 11.4. The Kier molecular flexibility index (Phi) is 6.93. The van der Waals surface area contributed by atoms with Gasteiger partial charge in [0.2, 0.25) is 0 Å². The van der Waals surface area contributed by atoms with Crippen LogP contribution in [0.15, 0.2) is 30.3 Å². The summed E-state index contributed by atoms with van der Waals surface area (Å²) in [6, 6.07) is 9.26. The van der Waals surface area contributed by atoms with Gasteiger partial charge in [0.15, 0.2) is 0 Å². The van der Waals surface area contributed by atoms with Crippen LogP contribution in [0.5, 0.6) is 0 Å². The number of carboxylic acid groups (broad SMARTS) is 1. The first kappa shape index (κ1) is 16.9. The van der Waals surface area contributed by atoms with Crippen molar-refractivity contribution in [1.82, 2.24) is 0 Å². The maximum absolute atomic E-state index is 12.4. The lowest BCUT2D eigenvalue weighted by molar-refractivity contribution is -0.141. The predicted octanol–water partition coefficient (Wildman–Crippen LogP) is 3.20. The summed E-state index contributed by atoms with van der Waals surface area (Å²) in [7, 11) is -3.35. The van der Waals surface area contributed by atoms with Crippen LogP contribution in [0.2, 0.25) is 0 Å². The number of hydrogen-bond acceptors (Lipinski definition) is 4. The second-order valence-corrected chi connectivity index (χ2v) is 6.46. The van der Waals surface area contributed by atoms with Crippen LogP contribution in [-0.2, 0) is 24.8 Å². The second-order valence-electron chi connectivity index (χ2n) is 4.35. The minimum absolute atomic E-state index is 0.112. The molecule has 0 fully saturated rings. The van der Waals surface area contributed by atoms with Crippen molar-refractivity contribution < 1.29 is 23.5 Å². The second kappa shape index (κ2) is 8.20. The van der Waals surface area contributed by atoms with E-state index >= 15 is 0 Å². The van der Waals surface area contributed by atoms with E-state index in [9.17, 15) is 14.5 Å². The molecule has 0 radical (unpaired) electrons. The van der Waals surface area contributed by atoms with Gasteiger partial charge < -0.3 is 14.2 Å². The molecular formula is C14H21O5P. The van der Waals surface area contributed by atoms with Gasteiger partial charge in [0, 0.05) is 0 Å². The minimum Gasteiger partial charge on any atom is -0.481 e. The highest BCUT2D eigenvalue weighted by atomic mass is 31.2. The van der Waals surface area contributed by atoms with Crippen LogP contribution in [0.25, 0.3) is 0 Å². The predicted molar refractivity (Wildman–Crippen MR) is 77.0 cm³/mol. The normalized spacial score (nSPS) is 13.1. The Morgan fingerprint density at radius 3 is 2.20 bits per heavy atom. The Morgan fingerprint density at radius 2 is 1.75 bits per heavy atom. The van der Waals surface area contributed by atoms with Crippen LogP contribution in [0.4, 0.5) is 0 Å². The molecule has 0 saturated carbocycles. The Bertz CT molecular complexity index is 450. The molecule has 5 nitrogen and oxygen atoms in total. The van der Waals surface area contributed by atoms with Crippen LogP contribution < -0.4 is 0 Å². The molecule has 0 saturated heterocycles. The summed E-state index contributed by atoms with van der Waals surface area (Å²) >= 11 is 0. The Balaban J connectivity index is 2.80. The molecule has 0 spiro atoms. The van der Waals surface area contributed by atoms with E-state index in [1.54, 1.807) is 13.8 Å². The summed E-state index contributed by atoms with van der Waals surface area (Å²) in [6.07, 6.45) is 0.194. The van der Waals surface area contributed by atoms with Gasteiger partial charge in [0.1, 0.15) is 0 Å². The molecule has 0 heterocycles. The average Bonchev–Trinajstić information content (AvgIpc) is 2.39. The first-order valence-electron chi connectivity index (χ1n) is 6.65. The summed E-state index contributed by atoms with van der Waals surface area (Å²) in [5, 5.41) is 9.30. The smallest absolute Gasteiger partial charge is 0.331 e. The van der Waals surface area contributed by atoms with Gasteiger partial charge >= 0.3 is 13.6 Å². The molecule has 0 aliphatic rings. The van der Waals surface area contributed by atoms with Gasteiger partial charge in [-0.15, -0.1) is 0 Å². The van der Waals surface area contributed by atoms with E-state index in [1.807, 2.05) is 30.3 Å². The fraction of sp³-hybridized carbons (Fsp3) is 0.500. The average molecular weight is 300 g/mol. The van der Waals surface area contributed by atoms with Crippen molar-refractivity contribution in [2.75, 3.05) is 19.4 Å². The molecule has 1 rings (SSSR count). The van der Waals surface area contributed by atoms with Crippen LogP contribution in [0.3, 0.4) is 0 Å². The number of aliphatic carboxylic acids is 1. The van der Waals surface area contributed by atoms with Gasteiger partial charge in [-0.3, -0.25) is 9.36 Å². The van der Waals surface area contributed by atoms with E-state index in [-0.39, 0.29) is 19.4 Å². The number of hydrogen-bond donors (Lipinski definition) is 1. The van der Waals surface area contributed by atoms with E-state index in [4.69, 9.17) is 9.05 Å². The van der Waals surface area contributed by atoms with Gasteiger partial charge in [-0.2, -0.15) is 0 Å². The fourth-order valence-corrected chi connectivity index (χ4v) is 3.83. The topological polar surface area (TPSA) is 72.8 Å². The zero-order valence-corrected chi connectivity index (χ0v) is 12.7. The number of carboxylic acids is 1. The van der Waals surface area contributed by atoms with E-state index in [1.165, 1.54) is 0 Å². The number of rotatable bonds is 9. The van der Waals surface area contributed by atoms with E-state index < -0.39 is 19.5 Å². The van der Waals surface area contributed by atoms with Gasteiger partial charge in [-0.25, -0.2) is 0 Å². The van der Waals surface area contributed by atoms with E-state index in [0.29, 0.717) is 6.42 Å². The molecule has 112 valence electrons. The maximum atomic E-state index is 12.4. The van der Waals surface area contributed by atoms with Gasteiger partial charge in [-0.05, 0) is 25.8 Å². The molecule has 6 heteroatoms. The van der Waals surface area contributed by atoms with Crippen LogP contribution >= 0.6 is 7.60 Å². The van der Waals surface area contributed by atoms with E-state index in [2.05, 4.69) is 0 Å². The first-order chi connectivity index (χ1) is 9.50. The van der Waals surface area contributed by atoms with Crippen LogP contribution in [0.1, 0.15) is 19.4 Å². The Labute approximate surface area is 119 Å². The summed E-state index contributed by atoms with van der Waals surface area (Å²) in [5.74, 6) is -1.78. The largest absolute Gasteiger partial charge is 0.481 e. The highest BCUT2D eigenvalue weighted by Crippen LogP contribution is 2.49. The highest BCUT2D eigenvalue weighted by molar-refractivity contribution is 7.53. The SMILES string of the molecule is CCOP(=O)(C[C@H](Cc1ccccc1)C(=O)O)OCC. The van der Waals surface area contributed by atoms with Crippen molar-refractivity contribution in [3.05, 3.63) is 35.9 Å². The fourth-order valence-electron chi connectivity index (χ4n) is 1.93. The van der Waals surface area contributed by atoms with Gasteiger partial charge in [0.25, 0.3) is 0 Å². The molecule has 0 unspecified atom stereocenters. The third-order valence-electron chi connectivity index (χ3n) is 2.77. The maximum Gasteiger partial charge on any atom is 0.331 e. The quantitative estimate of drug-likeness (QED) is 0.709. The van der Waals surface area contributed by atoms with Crippen molar-refractivity contribution in [2.24, 2.45) is 5.92 Å². The zero-order valence-electron chi connectivity index (χ0n) is 11.8. The molecule has 0 amide bonds. The third-order valence-corrected chi connectivity index (χ3v) is 4.96. The summed E-state index contributed by atoms with van der Waals surface area (Å²) in [5.41, 5.74) is 0.888. The van der Waals surface area contributed by atoms with Gasteiger partial charge in [0.05, 0.1) is 25.3 Å². The Hall–Kier alpha value is -1.16. The number of carbonyl (C=O) groups is 1. The lowest BCUT2D eigenvalue weighted by atomic mass is 10.0. The first-order valence-corrected chi connectivity index (χ1v) is 8.38. The number of benzene rings is 1.